The van der Waals surface area contributed by atoms with E-state index in [2.05, 4.69) is 5.32 Å². The van der Waals surface area contributed by atoms with E-state index in [0.717, 1.165) is 32.0 Å². The lowest BCUT2D eigenvalue weighted by atomic mass is 10.1. The number of nitrogens with one attached hydrogen (secondary N) is 1. The zero-order valence-corrected chi connectivity index (χ0v) is 9.24. The van der Waals surface area contributed by atoms with Crippen LogP contribution in [0, 0.1) is 5.92 Å². The molecule has 0 aromatic carbocycles. The highest BCUT2D eigenvalue weighted by molar-refractivity contribution is 5.78. The van der Waals surface area contributed by atoms with Crippen LogP contribution in [0.2, 0.25) is 0 Å². The Morgan fingerprint density at radius 3 is 2.87 bits per heavy atom. The van der Waals surface area contributed by atoms with E-state index in [-0.39, 0.29) is 12.5 Å². The fraction of sp³-hybridized carbons (Fsp3) is 0.909. The second-order valence-corrected chi connectivity index (χ2v) is 4.73. The van der Waals surface area contributed by atoms with E-state index < -0.39 is 0 Å². The maximum Gasteiger partial charge on any atom is 0.236 e. The van der Waals surface area contributed by atoms with E-state index in [4.69, 9.17) is 5.73 Å². The first kappa shape index (κ1) is 10.9. The van der Waals surface area contributed by atoms with Crippen molar-refractivity contribution < 1.29 is 4.79 Å². The summed E-state index contributed by atoms with van der Waals surface area (Å²) in [7, 11) is 0. The van der Waals surface area contributed by atoms with Gasteiger partial charge in [-0.25, -0.2) is 0 Å². The van der Waals surface area contributed by atoms with Gasteiger partial charge < -0.3 is 16.0 Å². The largest absolute Gasteiger partial charge is 0.340 e. The number of likely N-dealkylation sites (tertiary alicyclic amines) is 1. The molecule has 1 heterocycles. The normalized spacial score (nSPS) is 26.7. The predicted octanol–water partition coefficient (Wildman–Crippen LogP) is -0.0643. The van der Waals surface area contributed by atoms with Gasteiger partial charge >= 0.3 is 0 Å². The first-order valence-electron chi connectivity index (χ1n) is 6.01. The second-order valence-electron chi connectivity index (χ2n) is 4.73. The maximum atomic E-state index is 11.4. The molecule has 0 unspecified atom stereocenters. The van der Waals surface area contributed by atoms with E-state index in [1.165, 1.54) is 19.3 Å². The Morgan fingerprint density at radius 1 is 1.40 bits per heavy atom. The average Bonchev–Trinajstić information content (AvgIpc) is 3.09. The van der Waals surface area contributed by atoms with E-state index >= 15 is 0 Å². The molecule has 86 valence electrons. The van der Waals surface area contributed by atoms with E-state index in [1.54, 1.807) is 0 Å². The van der Waals surface area contributed by atoms with Crippen LogP contribution in [0.25, 0.3) is 0 Å². The van der Waals surface area contributed by atoms with Gasteiger partial charge in [0, 0.05) is 19.1 Å². The molecule has 3 N–H and O–H groups in total. The van der Waals surface area contributed by atoms with Crippen molar-refractivity contribution >= 4 is 5.91 Å². The zero-order chi connectivity index (χ0) is 10.7. The summed E-state index contributed by atoms with van der Waals surface area (Å²) in [6.07, 6.45) is 5.06. The summed E-state index contributed by atoms with van der Waals surface area (Å²) in [5.41, 5.74) is 5.37. The van der Waals surface area contributed by atoms with Gasteiger partial charge in [-0.15, -0.1) is 0 Å². The highest BCUT2D eigenvalue weighted by Crippen LogP contribution is 2.28. The van der Waals surface area contributed by atoms with Crippen molar-refractivity contribution in [2.75, 3.05) is 26.2 Å². The summed E-state index contributed by atoms with van der Waals surface area (Å²) < 4.78 is 0. The van der Waals surface area contributed by atoms with Crippen molar-refractivity contribution in [3.05, 3.63) is 0 Å². The molecule has 1 saturated heterocycles. The first-order chi connectivity index (χ1) is 7.29. The van der Waals surface area contributed by atoms with Crippen molar-refractivity contribution in [2.24, 2.45) is 11.7 Å². The molecule has 2 rings (SSSR count). The number of hydrogen-bond donors (Lipinski definition) is 2. The summed E-state index contributed by atoms with van der Waals surface area (Å²) in [5, 5.41) is 3.56. The highest BCUT2D eigenvalue weighted by Gasteiger charge is 2.25. The van der Waals surface area contributed by atoms with Crippen molar-refractivity contribution in [1.29, 1.82) is 0 Å². The van der Waals surface area contributed by atoms with Gasteiger partial charge in [0.1, 0.15) is 0 Å². The molecule has 0 radical (unpaired) electrons. The molecule has 1 aliphatic heterocycles. The van der Waals surface area contributed by atoms with E-state index in [0.29, 0.717) is 6.04 Å². The van der Waals surface area contributed by atoms with Crippen molar-refractivity contribution in [2.45, 2.75) is 31.7 Å². The zero-order valence-electron chi connectivity index (χ0n) is 9.24. The predicted molar refractivity (Wildman–Crippen MR) is 59.4 cm³/mol. The van der Waals surface area contributed by atoms with Crippen molar-refractivity contribution in [1.82, 2.24) is 10.2 Å². The minimum absolute atomic E-state index is 0.0907. The Morgan fingerprint density at radius 2 is 2.20 bits per heavy atom. The smallest absolute Gasteiger partial charge is 0.236 e. The van der Waals surface area contributed by atoms with Crippen LogP contribution in [0.3, 0.4) is 0 Å². The molecule has 0 aromatic rings. The molecular formula is C11H21N3O. The molecule has 1 amide bonds. The molecule has 1 aliphatic carbocycles. The molecule has 0 bridgehead atoms. The topological polar surface area (TPSA) is 58.4 Å². The summed E-state index contributed by atoms with van der Waals surface area (Å²) >= 11 is 0. The summed E-state index contributed by atoms with van der Waals surface area (Å²) in [6.45, 7) is 3.02. The molecule has 0 spiro atoms. The van der Waals surface area contributed by atoms with Crippen molar-refractivity contribution in [3.63, 3.8) is 0 Å². The number of nitrogens with two attached hydrogens (primary N) is 1. The minimum atomic E-state index is 0.0907. The van der Waals surface area contributed by atoms with Crippen LogP contribution in [0.4, 0.5) is 0 Å². The number of carbonyl (C=O) groups is 1. The third-order valence-electron chi connectivity index (χ3n) is 3.34. The highest BCUT2D eigenvalue weighted by atomic mass is 16.2. The Balaban J connectivity index is 1.72. The van der Waals surface area contributed by atoms with E-state index in [1.807, 2.05) is 4.90 Å². The van der Waals surface area contributed by atoms with Crippen LogP contribution in [0.1, 0.15) is 25.7 Å². The maximum absolute atomic E-state index is 11.4. The van der Waals surface area contributed by atoms with Crippen LogP contribution < -0.4 is 11.1 Å². The first-order valence-corrected chi connectivity index (χ1v) is 6.01. The lowest BCUT2D eigenvalue weighted by Crippen LogP contribution is -2.49. The number of carbonyl (C=O) groups excluding carboxylic acids is 1. The molecule has 4 heteroatoms. The number of rotatable bonds is 4. The van der Waals surface area contributed by atoms with Gasteiger partial charge in [-0.3, -0.25) is 4.79 Å². The minimum Gasteiger partial charge on any atom is -0.340 e. The molecule has 2 fully saturated rings. The average molecular weight is 211 g/mol. The number of amides is 1. The van der Waals surface area contributed by atoms with Gasteiger partial charge in [-0.05, 0) is 38.1 Å². The summed E-state index contributed by atoms with van der Waals surface area (Å²) in [5.74, 6) is 0.999. The molecule has 2 aliphatic rings. The Labute approximate surface area is 91.2 Å². The van der Waals surface area contributed by atoms with Crippen LogP contribution >= 0.6 is 0 Å². The van der Waals surface area contributed by atoms with Gasteiger partial charge in [-0.1, -0.05) is 0 Å². The number of hydrogen-bond acceptors (Lipinski definition) is 3. The van der Waals surface area contributed by atoms with Crippen LogP contribution in [0.15, 0.2) is 0 Å². The summed E-state index contributed by atoms with van der Waals surface area (Å²) in [4.78, 5) is 13.3. The quantitative estimate of drug-likeness (QED) is 0.684. The second kappa shape index (κ2) is 4.94. The van der Waals surface area contributed by atoms with Crippen LogP contribution in [0.5, 0.6) is 0 Å². The molecule has 1 saturated carbocycles. The van der Waals surface area contributed by atoms with Crippen LogP contribution in [-0.4, -0.2) is 43.0 Å². The third kappa shape index (κ3) is 3.18. The molecule has 15 heavy (non-hydrogen) atoms. The Bertz CT molecular complexity index is 228. The van der Waals surface area contributed by atoms with Gasteiger partial charge in [0.15, 0.2) is 0 Å². The fourth-order valence-corrected chi connectivity index (χ4v) is 2.15. The standard InChI is InChI=1S/C11H21N3O/c12-6-11(15)14-5-1-2-10(8-14)13-7-9-3-4-9/h9-10,13H,1-8,12H2/t10-/m1/s1. The Kier molecular flexibility index (Phi) is 3.59. The lowest BCUT2D eigenvalue weighted by molar-refractivity contribution is -0.131. The van der Waals surface area contributed by atoms with Gasteiger partial charge in [-0.2, -0.15) is 0 Å². The number of piperidine rings is 1. The number of nitrogens with zero attached hydrogens (tertiary/aromatic N) is 1. The van der Waals surface area contributed by atoms with Crippen LogP contribution in [-0.2, 0) is 4.79 Å². The monoisotopic (exact) mass is 211 g/mol. The summed E-state index contributed by atoms with van der Waals surface area (Å²) in [6, 6.07) is 0.495. The molecule has 1 atom stereocenters. The Hall–Kier alpha value is -0.610. The van der Waals surface area contributed by atoms with Gasteiger partial charge in [0.05, 0.1) is 6.54 Å². The molecule has 0 aromatic heterocycles. The van der Waals surface area contributed by atoms with Crippen molar-refractivity contribution in [3.8, 4) is 0 Å². The van der Waals surface area contributed by atoms with Gasteiger partial charge in [0.25, 0.3) is 0 Å². The van der Waals surface area contributed by atoms with E-state index in [9.17, 15) is 4.79 Å². The SMILES string of the molecule is NCC(=O)N1CCC[C@@H](NCC2CC2)C1. The molecule has 4 nitrogen and oxygen atoms in total. The third-order valence-corrected chi connectivity index (χ3v) is 3.34. The fourth-order valence-electron chi connectivity index (χ4n) is 2.15. The van der Waals surface area contributed by atoms with Gasteiger partial charge in [0.2, 0.25) is 5.91 Å². The lowest BCUT2D eigenvalue weighted by Gasteiger charge is -2.33. The molecular weight excluding hydrogens is 190 g/mol.